The van der Waals surface area contributed by atoms with Crippen molar-refractivity contribution in [3.63, 3.8) is 0 Å². The smallest absolute Gasteiger partial charge is 0.223 e. The number of carbonyl (C=O) groups excluding carboxylic acids is 1. The Morgan fingerprint density at radius 1 is 1.30 bits per heavy atom. The SMILES string of the molecule is C#CCCC1(CCNC(=O)C2CCn3c(cnc3-c3ccccc3)C2)N=N1. The normalized spacial score (nSPS) is 19.1. The molecular formula is C21H23N5O. The van der Waals surface area contributed by atoms with Crippen molar-refractivity contribution in [2.45, 2.75) is 44.3 Å². The van der Waals surface area contributed by atoms with Gasteiger partial charge < -0.3 is 9.88 Å². The second-order valence-corrected chi connectivity index (χ2v) is 7.21. The van der Waals surface area contributed by atoms with E-state index in [4.69, 9.17) is 6.42 Å². The van der Waals surface area contributed by atoms with Crippen molar-refractivity contribution in [3.05, 3.63) is 42.2 Å². The van der Waals surface area contributed by atoms with Crippen molar-refractivity contribution in [3.8, 4) is 23.7 Å². The van der Waals surface area contributed by atoms with E-state index in [1.165, 1.54) is 0 Å². The standard InChI is InChI=1S/C21H23N5O/c1-2-3-10-21(24-25-21)11-12-22-20(27)17-9-13-26-18(14-17)15-23-19(26)16-7-5-4-6-8-16/h1,4-8,15,17H,3,9-14H2,(H,22,27). The van der Waals surface area contributed by atoms with Gasteiger partial charge in [0.05, 0.1) is 0 Å². The Kier molecular flexibility index (Phi) is 4.76. The average Bonchev–Trinajstić information content (AvgIpc) is 3.35. The van der Waals surface area contributed by atoms with Gasteiger partial charge in [0.15, 0.2) is 5.66 Å². The van der Waals surface area contributed by atoms with Crippen LogP contribution in [0, 0.1) is 18.3 Å². The molecule has 0 aliphatic carbocycles. The van der Waals surface area contributed by atoms with E-state index in [-0.39, 0.29) is 17.5 Å². The molecule has 0 saturated heterocycles. The molecule has 3 heterocycles. The van der Waals surface area contributed by atoms with E-state index < -0.39 is 0 Å². The zero-order valence-electron chi connectivity index (χ0n) is 15.3. The molecule has 0 bridgehead atoms. The molecule has 1 N–H and O–H groups in total. The first-order chi connectivity index (χ1) is 13.2. The molecule has 0 fully saturated rings. The van der Waals surface area contributed by atoms with Crippen LogP contribution in [0.4, 0.5) is 0 Å². The molecule has 1 aromatic heterocycles. The third-order valence-electron chi connectivity index (χ3n) is 5.37. The highest BCUT2D eigenvalue weighted by Gasteiger charge is 2.38. The summed E-state index contributed by atoms with van der Waals surface area (Å²) in [5, 5.41) is 11.3. The Bertz CT molecular complexity index is 887. The molecule has 2 aromatic rings. The summed E-state index contributed by atoms with van der Waals surface area (Å²) in [4.78, 5) is 17.2. The Labute approximate surface area is 159 Å². The molecule has 6 heteroatoms. The monoisotopic (exact) mass is 361 g/mol. The van der Waals surface area contributed by atoms with Crippen LogP contribution in [-0.4, -0.2) is 27.7 Å². The first kappa shape index (κ1) is 17.5. The lowest BCUT2D eigenvalue weighted by atomic mass is 9.95. The van der Waals surface area contributed by atoms with Gasteiger partial charge in [0.2, 0.25) is 5.91 Å². The highest BCUT2D eigenvalue weighted by Crippen LogP contribution is 2.36. The summed E-state index contributed by atoms with van der Waals surface area (Å²) in [5.74, 6) is 3.71. The van der Waals surface area contributed by atoms with E-state index in [9.17, 15) is 4.79 Å². The highest BCUT2D eigenvalue weighted by atomic mass is 16.1. The predicted molar refractivity (Wildman–Crippen MR) is 103 cm³/mol. The number of hydrogen-bond donors (Lipinski definition) is 1. The van der Waals surface area contributed by atoms with Gasteiger partial charge in [-0.1, -0.05) is 30.3 Å². The molecule has 1 amide bonds. The van der Waals surface area contributed by atoms with E-state index in [1.54, 1.807) is 0 Å². The summed E-state index contributed by atoms with van der Waals surface area (Å²) >= 11 is 0. The number of imidazole rings is 1. The summed E-state index contributed by atoms with van der Waals surface area (Å²) in [6, 6.07) is 10.2. The quantitative estimate of drug-likeness (QED) is 0.769. The molecule has 0 saturated carbocycles. The minimum atomic E-state index is -0.338. The Balaban J connectivity index is 1.32. The number of carbonyl (C=O) groups is 1. The largest absolute Gasteiger partial charge is 0.356 e. The van der Waals surface area contributed by atoms with Crippen LogP contribution >= 0.6 is 0 Å². The number of nitrogens with one attached hydrogen (secondary N) is 1. The summed E-state index contributed by atoms with van der Waals surface area (Å²) < 4.78 is 2.23. The second kappa shape index (κ2) is 7.36. The lowest BCUT2D eigenvalue weighted by Crippen LogP contribution is -2.37. The lowest BCUT2D eigenvalue weighted by Gasteiger charge is -2.24. The van der Waals surface area contributed by atoms with Crippen molar-refractivity contribution < 1.29 is 4.79 Å². The van der Waals surface area contributed by atoms with E-state index in [0.29, 0.717) is 13.0 Å². The fraction of sp³-hybridized carbons (Fsp3) is 0.429. The van der Waals surface area contributed by atoms with Gasteiger partial charge in [-0.25, -0.2) is 4.98 Å². The maximum Gasteiger partial charge on any atom is 0.223 e. The van der Waals surface area contributed by atoms with Gasteiger partial charge in [0.1, 0.15) is 5.82 Å². The van der Waals surface area contributed by atoms with E-state index in [1.807, 2.05) is 24.4 Å². The van der Waals surface area contributed by atoms with Gasteiger partial charge in [0.25, 0.3) is 0 Å². The molecule has 0 radical (unpaired) electrons. The number of amides is 1. The summed E-state index contributed by atoms with van der Waals surface area (Å²) in [6.07, 6.45) is 10.9. The Morgan fingerprint density at radius 3 is 2.85 bits per heavy atom. The number of hydrogen-bond acceptors (Lipinski definition) is 4. The van der Waals surface area contributed by atoms with Crippen molar-refractivity contribution in [2.24, 2.45) is 16.1 Å². The van der Waals surface area contributed by atoms with Crippen LogP contribution in [0.25, 0.3) is 11.4 Å². The molecule has 27 heavy (non-hydrogen) atoms. The first-order valence-corrected chi connectivity index (χ1v) is 9.46. The first-order valence-electron chi connectivity index (χ1n) is 9.46. The molecule has 1 atom stereocenters. The zero-order chi connectivity index (χ0) is 18.7. The van der Waals surface area contributed by atoms with Gasteiger partial charge >= 0.3 is 0 Å². The maximum atomic E-state index is 12.6. The maximum absolute atomic E-state index is 12.6. The third-order valence-corrected chi connectivity index (χ3v) is 5.37. The zero-order valence-corrected chi connectivity index (χ0v) is 15.3. The summed E-state index contributed by atoms with van der Waals surface area (Å²) in [7, 11) is 0. The molecule has 2 aliphatic heterocycles. The fourth-order valence-corrected chi connectivity index (χ4v) is 3.70. The van der Waals surface area contributed by atoms with Crippen molar-refractivity contribution in [1.29, 1.82) is 0 Å². The van der Waals surface area contributed by atoms with Crippen molar-refractivity contribution in [1.82, 2.24) is 14.9 Å². The molecule has 138 valence electrons. The van der Waals surface area contributed by atoms with Crippen molar-refractivity contribution in [2.75, 3.05) is 6.54 Å². The number of nitrogens with zero attached hydrogens (tertiary/aromatic N) is 4. The molecule has 4 rings (SSSR count). The van der Waals surface area contributed by atoms with E-state index in [2.05, 4.69) is 43.1 Å². The highest BCUT2D eigenvalue weighted by molar-refractivity contribution is 5.79. The molecule has 6 nitrogen and oxygen atoms in total. The number of terminal acetylenes is 1. The average molecular weight is 361 g/mol. The number of benzene rings is 1. The summed E-state index contributed by atoms with van der Waals surface area (Å²) in [5.41, 5.74) is 1.90. The van der Waals surface area contributed by atoms with Gasteiger partial charge in [-0.05, 0) is 6.42 Å². The lowest BCUT2D eigenvalue weighted by molar-refractivity contribution is -0.125. The number of aromatic nitrogens is 2. The third kappa shape index (κ3) is 3.77. The van der Waals surface area contributed by atoms with Gasteiger partial charge in [-0.2, -0.15) is 10.2 Å². The molecule has 0 spiro atoms. The van der Waals surface area contributed by atoms with Crippen LogP contribution in [0.3, 0.4) is 0 Å². The summed E-state index contributed by atoms with van der Waals surface area (Å²) in [6.45, 7) is 1.40. The predicted octanol–water partition coefficient (Wildman–Crippen LogP) is 3.19. The van der Waals surface area contributed by atoms with Crippen molar-refractivity contribution >= 4 is 5.91 Å². The van der Waals surface area contributed by atoms with Crippen LogP contribution in [0.2, 0.25) is 0 Å². The van der Waals surface area contributed by atoms with Crippen LogP contribution in [-0.2, 0) is 17.8 Å². The minimum absolute atomic E-state index is 0.00689. The van der Waals surface area contributed by atoms with Crippen LogP contribution in [0.5, 0.6) is 0 Å². The Morgan fingerprint density at radius 2 is 2.11 bits per heavy atom. The van der Waals surface area contributed by atoms with Crippen LogP contribution in [0.15, 0.2) is 46.8 Å². The molecule has 2 aliphatic rings. The molecular weight excluding hydrogens is 338 g/mol. The molecule has 1 aromatic carbocycles. The van der Waals surface area contributed by atoms with E-state index >= 15 is 0 Å². The molecule has 1 unspecified atom stereocenters. The van der Waals surface area contributed by atoms with E-state index in [0.717, 1.165) is 49.3 Å². The van der Waals surface area contributed by atoms with Crippen LogP contribution in [0.1, 0.15) is 31.4 Å². The van der Waals surface area contributed by atoms with Crippen LogP contribution < -0.4 is 5.32 Å². The minimum Gasteiger partial charge on any atom is -0.356 e. The second-order valence-electron chi connectivity index (χ2n) is 7.21. The topological polar surface area (TPSA) is 71.6 Å². The van der Waals surface area contributed by atoms with Gasteiger partial charge in [0, 0.05) is 62.1 Å². The number of fused-ring (bicyclic) bond motifs is 1. The van der Waals surface area contributed by atoms with Gasteiger partial charge in [-0.15, -0.1) is 12.3 Å². The van der Waals surface area contributed by atoms with Gasteiger partial charge in [-0.3, -0.25) is 4.79 Å². The fourth-order valence-electron chi connectivity index (χ4n) is 3.70. The Hall–Kier alpha value is -2.94. The number of rotatable bonds is 7.